The van der Waals surface area contributed by atoms with E-state index in [9.17, 15) is 24.2 Å². The van der Waals surface area contributed by atoms with Gasteiger partial charge in [-0.3, -0.25) is 18.6 Å². The molecular formula is C44H75O10P. The SMILES string of the molecule is CC/C=C/C/C=C/C/C=C/C/C=C/C/C=C/CCCC(=O)O[C@H](COC(=O)CC/C=C/CCCCCCCCCCCCC)COP(=O)(O)OC[C@@H](O)CO. The maximum Gasteiger partial charge on any atom is 0.472 e. The third kappa shape index (κ3) is 39.4. The number of rotatable bonds is 38. The van der Waals surface area contributed by atoms with Crippen molar-refractivity contribution >= 4 is 19.8 Å². The fraction of sp³-hybridized carbons (Fsp3) is 0.682. The van der Waals surface area contributed by atoms with E-state index >= 15 is 0 Å². The Labute approximate surface area is 333 Å². The number of unbranched alkanes of at least 4 members (excludes halogenated alkanes) is 12. The number of phosphoric ester groups is 1. The van der Waals surface area contributed by atoms with E-state index in [-0.39, 0.29) is 19.4 Å². The van der Waals surface area contributed by atoms with Crippen LogP contribution in [0.25, 0.3) is 0 Å². The monoisotopic (exact) mass is 795 g/mol. The molecule has 0 aromatic rings. The molecule has 316 valence electrons. The average Bonchev–Trinajstić information content (AvgIpc) is 3.17. The fourth-order valence-corrected chi connectivity index (χ4v) is 5.95. The highest BCUT2D eigenvalue weighted by Gasteiger charge is 2.27. The molecule has 0 fully saturated rings. The van der Waals surface area contributed by atoms with Gasteiger partial charge in [0.15, 0.2) is 6.10 Å². The van der Waals surface area contributed by atoms with Crippen molar-refractivity contribution < 1.29 is 47.8 Å². The summed E-state index contributed by atoms with van der Waals surface area (Å²) < 4.78 is 32.6. The van der Waals surface area contributed by atoms with E-state index in [1.54, 1.807) is 0 Å². The van der Waals surface area contributed by atoms with Gasteiger partial charge in [0.1, 0.15) is 12.7 Å². The lowest BCUT2D eigenvalue weighted by molar-refractivity contribution is -0.161. The van der Waals surface area contributed by atoms with Gasteiger partial charge >= 0.3 is 19.8 Å². The van der Waals surface area contributed by atoms with E-state index < -0.39 is 51.8 Å². The first-order valence-corrected chi connectivity index (χ1v) is 22.4. The largest absolute Gasteiger partial charge is 0.472 e. The Bertz CT molecular complexity index is 1140. The van der Waals surface area contributed by atoms with Crippen LogP contribution >= 0.6 is 7.82 Å². The van der Waals surface area contributed by atoms with Crippen molar-refractivity contribution in [3.05, 3.63) is 72.9 Å². The van der Waals surface area contributed by atoms with Gasteiger partial charge in [-0.2, -0.15) is 0 Å². The topological polar surface area (TPSA) is 149 Å². The molecular weight excluding hydrogens is 719 g/mol. The number of carbonyl (C=O) groups is 2. The quantitative estimate of drug-likeness (QED) is 0.0239. The standard InChI is InChI=1S/C44H75O10P/c1-3-5-7-9-11-13-15-17-19-20-22-24-26-28-30-32-34-36-44(48)54-42(40-53-55(49,50)52-38-41(46)37-45)39-51-43(47)35-33-31-29-27-25-23-21-18-16-14-12-10-8-6-4-2/h5,7,11,13,17,19,22,24,28-31,41-42,45-46H,3-4,6,8-10,12,14-16,18,20-21,23,25-27,32-40H2,1-2H3,(H,49,50)/b7-5+,13-11+,19-17+,24-22+,30-28+,31-29+/t41-,42+/m0/s1. The van der Waals surface area contributed by atoms with Gasteiger partial charge in [-0.05, 0) is 64.2 Å². The van der Waals surface area contributed by atoms with Gasteiger partial charge in [0.25, 0.3) is 0 Å². The van der Waals surface area contributed by atoms with Crippen LogP contribution in [0.15, 0.2) is 72.9 Å². The van der Waals surface area contributed by atoms with Gasteiger partial charge in [-0.25, -0.2) is 4.57 Å². The van der Waals surface area contributed by atoms with Crippen molar-refractivity contribution in [2.45, 2.75) is 167 Å². The second-order valence-electron chi connectivity index (χ2n) is 13.6. The van der Waals surface area contributed by atoms with Crippen LogP contribution in [0.1, 0.15) is 155 Å². The Kier molecular flexibility index (Phi) is 37.8. The van der Waals surface area contributed by atoms with Gasteiger partial charge in [-0.1, -0.05) is 151 Å². The Hall–Kier alpha value is -2.59. The van der Waals surface area contributed by atoms with E-state index in [4.69, 9.17) is 19.1 Å². The molecule has 3 atom stereocenters. The summed E-state index contributed by atoms with van der Waals surface area (Å²) in [6.07, 6.45) is 44.6. The maximum atomic E-state index is 12.6. The first kappa shape index (κ1) is 52.4. The number of esters is 2. The molecule has 0 aliphatic rings. The molecule has 0 heterocycles. The Morgan fingerprint density at radius 3 is 1.60 bits per heavy atom. The van der Waals surface area contributed by atoms with Crippen LogP contribution in [0.2, 0.25) is 0 Å². The lowest BCUT2D eigenvalue weighted by atomic mass is 10.1. The summed E-state index contributed by atoms with van der Waals surface area (Å²) in [5, 5.41) is 18.3. The molecule has 0 bridgehead atoms. The molecule has 0 aromatic heterocycles. The van der Waals surface area contributed by atoms with Crippen LogP contribution in [0.5, 0.6) is 0 Å². The number of hydrogen-bond acceptors (Lipinski definition) is 9. The third-order valence-electron chi connectivity index (χ3n) is 8.36. The first-order valence-electron chi connectivity index (χ1n) is 20.9. The van der Waals surface area contributed by atoms with Crippen molar-refractivity contribution in [1.29, 1.82) is 0 Å². The van der Waals surface area contributed by atoms with E-state index in [2.05, 4.69) is 73.1 Å². The van der Waals surface area contributed by atoms with Crippen molar-refractivity contribution in [1.82, 2.24) is 0 Å². The first-order chi connectivity index (χ1) is 26.7. The van der Waals surface area contributed by atoms with Crippen LogP contribution in [0.4, 0.5) is 0 Å². The number of aliphatic hydroxyl groups excluding tert-OH is 2. The molecule has 0 aliphatic carbocycles. The van der Waals surface area contributed by atoms with Crippen LogP contribution < -0.4 is 0 Å². The molecule has 55 heavy (non-hydrogen) atoms. The minimum Gasteiger partial charge on any atom is -0.462 e. The zero-order valence-corrected chi connectivity index (χ0v) is 35.0. The second-order valence-corrected chi connectivity index (χ2v) is 15.1. The zero-order valence-electron chi connectivity index (χ0n) is 34.1. The Balaban J connectivity index is 4.47. The Morgan fingerprint density at radius 1 is 0.564 bits per heavy atom. The van der Waals surface area contributed by atoms with Crippen LogP contribution in [-0.4, -0.2) is 65.7 Å². The van der Waals surface area contributed by atoms with Gasteiger partial charge in [0, 0.05) is 12.8 Å². The van der Waals surface area contributed by atoms with Crippen molar-refractivity contribution in [3.8, 4) is 0 Å². The van der Waals surface area contributed by atoms with Crippen LogP contribution in [0.3, 0.4) is 0 Å². The highest BCUT2D eigenvalue weighted by molar-refractivity contribution is 7.47. The molecule has 3 N–H and O–H groups in total. The third-order valence-corrected chi connectivity index (χ3v) is 9.31. The molecule has 0 saturated carbocycles. The molecule has 0 aromatic carbocycles. The van der Waals surface area contributed by atoms with Crippen LogP contribution in [-0.2, 0) is 32.7 Å². The van der Waals surface area contributed by atoms with E-state index in [1.165, 1.54) is 64.2 Å². The lowest BCUT2D eigenvalue weighted by Gasteiger charge is -2.20. The molecule has 0 amide bonds. The number of hydrogen-bond donors (Lipinski definition) is 3. The molecule has 0 spiro atoms. The van der Waals surface area contributed by atoms with Gasteiger partial charge in [0.05, 0.1) is 19.8 Å². The number of carbonyl (C=O) groups excluding carboxylic acids is 2. The van der Waals surface area contributed by atoms with E-state index in [0.717, 1.165) is 44.9 Å². The highest BCUT2D eigenvalue weighted by atomic mass is 31.2. The number of aliphatic hydroxyl groups is 2. The minimum absolute atomic E-state index is 0.0959. The summed E-state index contributed by atoms with van der Waals surface area (Å²) in [5.74, 6) is -1.06. The summed E-state index contributed by atoms with van der Waals surface area (Å²) in [4.78, 5) is 34.9. The second kappa shape index (κ2) is 39.6. The van der Waals surface area contributed by atoms with Gasteiger partial charge in [-0.15, -0.1) is 0 Å². The average molecular weight is 795 g/mol. The zero-order chi connectivity index (χ0) is 40.5. The van der Waals surface area contributed by atoms with Crippen molar-refractivity contribution in [2.24, 2.45) is 0 Å². The Morgan fingerprint density at radius 2 is 1.04 bits per heavy atom. The summed E-state index contributed by atoms with van der Waals surface area (Å²) in [5.41, 5.74) is 0. The predicted octanol–water partition coefficient (Wildman–Crippen LogP) is 10.9. The minimum atomic E-state index is -4.64. The van der Waals surface area contributed by atoms with E-state index in [0.29, 0.717) is 19.3 Å². The normalized spacial score (nSPS) is 14.6. The molecule has 0 rings (SSSR count). The van der Waals surface area contributed by atoms with Crippen molar-refractivity contribution in [3.63, 3.8) is 0 Å². The smallest absolute Gasteiger partial charge is 0.462 e. The molecule has 0 radical (unpaired) electrons. The lowest BCUT2D eigenvalue weighted by Crippen LogP contribution is -2.29. The summed E-state index contributed by atoms with van der Waals surface area (Å²) in [6.45, 7) is 2.14. The summed E-state index contributed by atoms with van der Waals surface area (Å²) >= 11 is 0. The van der Waals surface area contributed by atoms with E-state index in [1.807, 2.05) is 18.2 Å². The summed E-state index contributed by atoms with van der Waals surface area (Å²) in [7, 11) is -4.64. The van der Waals surface area contributed by atoms with Crippen molar-refractivity contribution in [2.75, 3.05) is 26.4 Å². The number of ether oxygens (including phenoxy) is 2. The molecule has 0 saturated heterocycles. The summed E-state index contributed by atoms with van der Waals surface area (Å²) in [6, 6.07) is 0. The maximum absolute atomic E-state index is 12.6. The predicted molar refractivity (Wildman–Crippen MR) is 223 cm³/mol. The number of allylic oxidation sites excluding steroid dienone is 12. The number of phosphoric acid groups is 1. The fourth-order valence-electron chi connectivity index (χ4n) is 5.16. The molecule has 11 heteroatoms. The molecule has 0 aliphatic heterocycles. The molecule has 10 nitrogen and oxygen atoms in total. The van der Waals surface area contributed by atoms with Crippen LogP contribution in [0, 0.1) is 0 Å². The molecule has 1 unspecified atom stereocenters. The van der Waals surface area contributed by atoms with Gasteiger partial charge < -0.3 is 24.6 Å². The van der Waals surface area contributed by atoms with Gasteiger partial charge in [0.2, 0.25) is 0 Å². The highest BCUT2D eigenvalue weighted by Crippen LogP contribution is 2.43.